The van der Waals surface area contributed by atoms with Crippen LogP contribution in [0.15, 0.2) is 18.2 Å². The van der Waals surface area contributed by atoms with Crippen LogP contribution >= 0.6 is 24.8 Å². The number of nitrogens with zero attached hydrogens (tertiary/aromatic N) is 1. The molecule has 1 saturated carbocycles. The Balaban J connectivity index is 0.00000210. The number of carbonyl (C=O) groups is 2. The van der Waals surface area contributed by atoms with E-state index in [-0.39, 0.29) is 48.6 Å². The van der Waals surface area contributed by atoms with E-state index in [4.69, 9.17) is 5.73 Å². The van der Waals surface area contributed by atoms with Gasteiger partial charge < -0.3 is 16.4 Å². The van der Waals surface area contributed by atoms with E-state index in [1.165, 1.54) is 19.3 Å². The van der Waals surface area contributed by atoms with E-state index in [1.54, 1.807) is 0 Å². The fourth-order valence-corrected chi connectivity index (χ4v) is 4.11. The second-order valence-corrected chi connectivity index (χ2v) is 8.02. The van der Waals surface area contributed by atoms with Crippen molar-refractivity contribution in [3.05, 3.63) is 23.8 Å². The number of aryl methyl sites for hydroxylation is 1. The predicted octanol–water partition coefficient (Wildman–Crippen LogP) is 3.72. The van der Waals surface area contributed by atoms with E-state index in [0.717, 1.165) is 43.6 Å². The normalized spacial score (nSPS) is 21.6. The summed E-state index contributed by atoms with van der Waals surface area (Å²) in [5, 5.41) is 5.95. The Morgan fingerprint density at radius 1 is 1.03 bits per heavy atom. The van der Waals surface area contributed by atoms with Crippen LogP contribution in [0, 0.1) is 12.8 Å². The zero-order valence-corrected chi connectivity index (χ0v) is 18.7. The molecule has 0 unspecified atom stereocenters. The number of rotatable bonds is 6. The van der Waals surface area contributed by atoms with Crippen LogP contribution in [0.25, 0.3) is 0 Å². The molecule has 2 fully saturated rings. The molecule has 4 N–H and O–H groups in total. The van der Waals surface area contributed by atoms with Crippen molar-refractivity contribution in [2.45, 2.75) is 57.9 Å². The van der Waals surface area contributed by atoms with Crippen LogP contribution in [0.3, 0.4) is 0 Å². The molecule has 8 heteroatoms. The number of halogens is 2. The number of nitrogens with one attached hydrogen (secondary N) is 2. The summed E-state index contributed by atoms with van der Waals surface area (Å²) in [5.74, 6) is 0.270. The van der Waals surface area contributed by atoms with Gasteiger partial charge in [0.1, 0.15) is 0 Å². The van der Waals surface area contributed by atoms with E-state index >= 15 is 0 Å². The Labute approximate surface area is 186 Å². The number of hydrogen-bond donors (Lipinski definition) is 3. The summed E-state index contributed by atoms with van der Waals surface area (Å²) in [6, 6.07) is 5.78. The van der Waals surface area contributed by atoms with Crippen molar-refractivity contribution in [2.75, 3.05) is 30.3 Å². The van der Waals surface area contributed by atoms with Crippen LogP contribution in [-0.2, 0) is 9.59 Å². The first-order chi connectivity index (χ1) is 13.0. The average Bonchev–Trinajstić information content (AvgIpc) is 3.03. The third-order valence-electron chi connectivity index (χ3n) is 5.78. The first kappa shape index (κ1) is 25.7. The van der Waals surface area contributed by atoms with Crippen molar-refractivity contribution >= 4 is 48.0 Å². The zero-order chi connectivity index (χ0) is 19.2. The Bertz CT molecular complexity index is 681. The molecule has 2 amide bonds. The van der Waals surface area contributed by atoms with Gasteiger partial charge in [0.05, 0.1) is 6.54 Å². The summed E-state index contributed by atoms with van der Waals surface area (Å²) in [5.41, 5.74) is 8.52. The van der Waals surface area contributed by atoms with Gasteiger partial charge in [-0.15, -0.1) is 24.8 Å². The number of nitrogens with two attached hydrogens (primary N) is 1. The first-order valence-electron chi connectivity index (χ1n) is 10.2. The number of hydrogen-bond acceptors (Lipinski definition) is 4. The second-order valence-electron chi connectivity index (χ2n) is 8.02. The SMILES string of the molecule is Cc1ccc(NC(=O)C[C@@H]2CCC[C@H]2N)cc1NC(=O)CN1CCCCC1.Cl.Cl. The molecule has 1 saturated heterocycles. The lowest BCUT2D eigenvalue weighted by atomic mass is 10.00. The number of piperidine rings is 1. The molecule has 2 aliphatic rings. The van der Waals surface area contributed by atoms with Gasteiger partial charge in [-0.25, -0.2) is 0 Å². The van der Waals surface area contributed by atoms with Gasteiger partial charge in [-0.3, -0.25) is 14.5 Å². The molecule has 3 rings (SSSR count). The Morgan fingerprint density at radius 2 is 1.76 bits per heavy atom. The maximum atomic E-state index is 12.4. The van der Waals surface area contributed by atoms with Crippen LogP contribution < -0.4 is 16.4 Å². The minimum Gasteiger partial charge on any atom is -0.327 e. The van der Waals surface area contributed by atoms with E-state index < -0.39 is 0 Å². The first-order valence-corrected chi connectivity index (χ1v) is 10.2. The lowest BCUT2D eigenvalue weighted by Crippen LogP contribution is -2.36. The fraction of sp³-hybridized carbons (Fsp3) is 0.619. The summed E-state index contributed by atoms with van der Waals surface area (Å²) in [7, 11) is 0. The minimum absolute atomic E-state index is 0. The summed E-state index contributed by atoms with van der Waals surface area (Å²) < 4.78 is 0. The van der Waals surface area contributed by atoms with E-state index in [2.05, 4.69) is 15.5 Å². The van der Waals surface area contributed by atoms with Crippen molar-refractivity contribution in [3.8, 4) is 0 Å². The standard InChI is InChI=1S/C21H32N4O2.2ClH/c1-15-8-9-17(23-20(26)12-16-6-5-7-18(16)22)13-19(15)24-21(27)14-25-10-3-2-4-11-25;;/h8-9,13,16,18H,2-7,10-12,14,22H2,1H3,(H,23,26)(H,24,27);2*1H/t16-,18+;;/m0../s1. The maximum Gasteiger partial charge on any atom is 0.238 e. The van der Waals surface area contributed by atoms with Crippen molar-refractivity contribution in [2.24, 2.45) is 11.7 Å². The molecule has 164 valence electrons. The molecule has 6 nitrogen and oxygen atoms in total. The zero-order valence-electron chi connectivity index (χ0n) is 17.1. The smallest absolute Gasteiger partial charge is 0.238 e. The average molecular weight is 445 g/mol. The Morgan fingerprint density at radius 3 is 2.41 bits per heavy atom. The number of anilines is 2. The van der Waals surface area contributed by atoms with Gasteiger partial charge in [-0.2, -0.15) is 0 Å². The van der Waals surface area contributed by atoms with Crippen LogP contribution in [0.4, 0.5) is 11.4 Å². The van der Waals surface area contributed by atoms with Crippen molar-refractivity contribution in [1.82, 2.24) is 4.90 Å². The molecular weight excluding hydrogens is 411 g/mol. The third-order valence-corrected chi connectivity index (χ3v) is 5.78. The summed E-state index contributed by atoms with van der Waals surface area (Å²) in [4.78, 5) is 26.9. The molecule has 1 aromatic carbocycles. The lowest BCUT2D eigenvalue weighted by Gasteiger charge is -2.25. The highest BCUT2D eigenvalue weighted by Crippen LogP contribution is 2.27. The van der Waals surface area contributed by atoms with Crippen LogP contribution in [0.2, 0.25) is 0 Å². The molecule has 1 heterocycles. The topological polar surface area (TPSA) is 87.5 Å². The Hall–Kier alpha value is -1.34. The fourth-order valence-electron chi connectivity index (χ4n) is 4.11. The largest absolute Gasteiger partial charge is 0.327 e. The molecule has 1 aliphatic carbocycles. The van der Waals surface area contributed by atoms with Gasteiger partial charge in [-0.1, -0.05) is 18.9 Å². The highest BCUT2D eigenvalue weighted by Gasteiger charge is 2.26. The van der Waals surface area contributed by atoms with Crippen LogP contribution in [0.1, 0.15) is 50.5 Å². The van der Waals surface area contributed by atoms with Crippen molar-refractivity contribution < 1.29 is 9.59 Å². The number of amides is 2. The van der Waals surface area contributed by atoms with Crippen LogP contribution in [-0.4, -0.2) is 42.4 Å². The second kappa shape index (κ2) is 12.4. The van der Waals surface area contributed by atoms with Gasteiger partial charge in [0.25, 0.3) is 0 Å². The Kier molecular flexibility index (Phi) is 11.0. The lowest BCUT2D eigenvalue weighted by molar-refractivity contribution is -0.118. The van der Waals surface area contributed by atoms with Gasteiger partial charge in [-0.05, 0) is 69.3 Å². The number of carbonyl (C=O) groups excluding carboxylic acids is 2. The van der Waals surface area contributed by atoms with E-state index in [0.29, 0.717) is 18.7 Å². The quantitative estimate of drug-likeness (QED) is 0.623. The van der Waals surface area contributed by atoms with Gasteiger partial charge in [0, 0.05) is 23.8 Å². The third kappa shape index (κ3) is 7.78. The van der Waals surface area contributed by atoms with Gasteiger partial charge in [0.15, 0.2) is 0 Å². The van der Waals surface area contributed by atoms with Gasteiger partial charge in [0.2, 0.25) is 11.8 Å². The van der Waals surface area contributed by atoms with Crippen molar-refractivity contribution in [1.29, 1.82) is 0 Å². The minimum atomic E-state index is -0.00760. The highest BCUT2D eigenvalue weighted by molar-refractivity contribution is 5.95. The highest BCUT2D eigenvalue weighted by atomic mass is 35.5. The molecular formula is C21H34Cl2N4O2. The van der Waals surface area contributed by atoms with E-state index in [9.17, 15) is 9.59 Å². The monoisotopic (exact) mass is 444 g/mol. The molecule has 29 heavy (non-hydrogen) atoms. The van der Waals surface area contributed by atoms with E-state index in [1.807, 2.05) is 25.1 Å². The summed E-state index contributed by atoms with van der Waals surface area (Å²) in [6.45, 7) is 4.37. The summed E-state index contributed by atoms with van der Waals surface area (Å²) in [6.07, 6.45) is 7.19. The molecule has 0 aromatic heterocycles. The molecule has 0 bridgehead atoms. The van der Waals surface area contributed by atoms with Gasteiger partial charge >= 0.3 is 0 Å². The molecule has 1 aliphatic heterocycles. The summed E-state index contributed by atoms with van der Waals surface area (Å²) >= 11 is 0. The van der Waals surface area contributed by atoms with Crippen molar-refractivity contribution in [3.63, 3.8) is 0 Å². The number of benzene rings is 1. The molecule has 2 atom stereocenters. The molecule has 1 aromatic rings. The predicted molar refractivity (Wildman–Crippen MR) is 123 cm³/mol. The molecule has 0 radical (unpaired) electrons. The molecule has 0 spiro atoms. The number of likely N-dealkylation sites (tertiary alicyclic amines) is 1. The van der Waals surface area contributed by atoms with Crippen LogP contribution in [0.5, 0.6) is 0 Å². The maximum absolute atomic E-state index is 12.4.